The lowest BCUT2D eigenvalue weighted by molar-refractivity contribution is -0.137. The van der Waals surface area contributed by atoms with E-state index in [2.05, 4.69) is 10.1 Å². The number of likely N-dealkylation sites (N-methyl/N-ethyl adjacent to an activating group) is 1. The zero-order valence-corrected chi connectivity index (χ0v) is 13.2. The van der Waals surface area contributed by atoms with Crippen LogP contribution in [-0.4, -0.2) is 49.7 Å². The Morgan fingerprint density at radius 1 is 1.41 bits per heavy atom. The van der Waals surface area contributed by atoms with Crippen molar-refractivity contribution >= 4 is 22.9 Å². The predicted molar refractivity (Wildman–Crippen MR) is 81.9 cm³/mol. The molecular weight excluding hydrogens is 284 g/mol. The van der Waals surface area contributed by atoms with Gasteiger partial charge in [-0.25, -0.2) is 9.67 Å². The first kappa shape index (κ1) is 15.9. The smallest absolute Gasteiger partial charge is 0.323 e. The van der Waals surface area contributed by atoms with E-state index in [1.54, 1.807) is 30.8 Å². The summed E-state index contributed by atoms with van der Waals surface area (Å²) in [6.45, 7) is 7.54. The van der Waals surface area contributed by atoms with Gasteiger partial charge in [0, 0.05) is 18.3 Å². The van der Waals surface area contributed by atoms with Gasteiger partial charge < -0.3 is 10.0 Å². The monoisotopic (exact) mass is 304 g/mol. The number of hydrogen-bond acceptors (Lipinski definition) is 4. The summed E-state index contributed by atoms with van der Waals surface area (Å²) < 4.78 is 1.76. The van der Waals surface area contributed by atoms with Crippen molar-refractivity contribution in [2.24, 2.45) is 0 Å². The fraction of sp³-hybridized carbons (Fsp3) is 0.467. The van der Waals surface area contributed by atoms with Crippen molar-refractivity contribution in [3.8, 4) is 0 Å². The topological polar surface area (TPSA) is 88.3 Å². The number of aliphatic carboxylic acids is 1. The highest BCUT2D eigenvalue weighted by Crippen LogP contribution is 2.22. The zero-order valence-electron chi connectivity index (χ0n) is 13.2. The molecule has 0 fully saturated rings. The number of pyridine rings is 1. The van der Waals surface area contributed by atoms with Crippen LogP contribution in [0.2, 0.25) is 0 Å². The van der Waals surface area contributed by atoms with Crippen LogP contribution in [0.15, 0.2) is 12.3 Å². The van der Waals surface area contributed by atoms with Gasteiger partial charge in [0.25, 0.3) is 5.91 Å². The van der Waals surface area contributed by atoms with Crippen LogP contribution in [0.5, 0.6) is 0 Å². The van der Waals surface area contributed by atoms with E-state index in [0.29, 0.717) is 28.8 Å². The third-order valence-corrected chi connectivity index (χ3v) is 3.41. The number of hydrogen-bond donors (Lipinski definition) is 1. The Kier molecular flexibility index (Phi) is 4.44. The molecular formula is C15H20N4O3. The minimum absolute atomic E-state index is 0.121. The number of rotatable bonds is 5. The molecule has 0 aliphatic rings. The SMILES string of the molecule is CCN(CC(=O)O)C(=O)c1cc(C)nc2c1cnn2C(C)C. The molecule has 0 aliphatic heterocycles. The normalized spacial score (nSPS) is 11.1. The number of nitrogens with zero attached hydrogens (tertiary/aromatic N) is 4. The standard InChI is InChI=1S/C15H20N4O3/c1-5-18(8-13(20)21)15(22)11-6-10(4)17-14-12(11)7-16-19(14)9(2)3/h6-7,9H,5,8H2,1-4H3,(H,20,21). The molecule has 7 nitrogen and oxygen atoms in total. The van der Waals surface area contributed by atoms with Crippen molar-refractivity contribution in [3.63, 3.8) is 0 Å². The molecule has 0 saturated heterocycles. The number of fused-ring (bicyclic) bond motifs is 1. The maximum atomic E-state index is 12.7. The van der Waals surface area contributed by atoms with Crippen molar-refractivity contribution in [2.75, 3.05) is 13.1 Å². The molecule has 1 amide bonds. The molecule has 7 heteroatoms. The van der Waals surface area contributed by atoms with Gasteiger partial charge in [-0.1, -0.05) is 0 Å². The molecule has 0 spiro atoms. The summed E-state index contributed by atoms with van der Waals surface area (Å²) in [4.78, 5) is 29.3. The summed E-state index contributed by atoms with van der Waals surface area (Å²) in [5.41, 5.74) is 1.78. The second-order valence-electron chi connectivity index (χ2n) is 5.44. The van der Waals surface area contributed by atoms with E-state index < -0.39 is 5.97 Å². The second kappa shape index (κ2) is 6.13. The van der Waals surface area contributed by atoms with E-state index in [-0.39, 0.29) is 18.5 Å². The maximum absolute atomic E-state index is 12.7. The molecule has 0 aromatic carbocycles. The Balaban J connectivity index is 2.55. The minimum atomic E-state index is -1.03. The van der Waals surface area contributed by atoms with E-state index in [0.717, 1.165) is 0 Å². The van der Waals surface area contributed by atoms with E-state index in [9.17, 15) is 9.59 Å². The highest BCUT2D eigenvalue weighted by Gasteiger charge is 2.22. The average Bonchev–Trinajstić information content (AvgIpc) is 2.86. The Morgan fingerprint density at radius 2 is 2.09 bits per heavy atom. The van der Waals surface area contributed by atoms with E-state index in [4.69, 9.17) is 5.11 Å². The third-order valence-electron chi connectivity index (χ3n) is 3.41. The first-order valence-electron chi connectivity index (χ1n) is 7.21. The lowest BCUT2D eigenvalue weighted by atomic mass is 10.1. The number of aryl methyl sites for hydroxylation is 1. The predicted octanol–water partition coefficient (Wildman–Crippen LogP) is 1.87. The molecule has 2 rings (SSSR count). The van der Waals surface area contributed by atoms with Crippen LogP contribution in [0.4, 0.5) is 0 Å². The fourth-order valence-corrected chi connectivity index (χ4v) is 2.36. The molecule has 2 aromatic rings. The highest BCUT2D eigenvalue weighted by molar-refractivity contribution is 6.06. The second-order valence-corrected chi connectivity index (χ2v) is 5.44. The molecule has 0 atom stereocenters. The number of aromatic nitrogens is 3. The molecule has 2 aromatic heterocycles. The van der Waals surface area contributed by atoms with Gasteiger partial charge in [0.1, 0.15) is 6.54 Å². The summed E-state index contributed by atoms with van der Waals surface area (Å²) in [5, 5.41) is 13.9. The van der Waals surface area contributed by atoms with Crippen molar-refractivity contribution in [3.05, 3.63) is 23.5 Å². The Bertz CT molecular complexity index is 721. The van der Waals surface area contributed by atoms with Gasteiger partial charge >= 0.3 is 5.97 Å². The third kappa shape index (κ3) is 2.93. The van der Waals surface area contributed by atoms with Crippen LogP contribution in [0.25, 0.3) is 11.0 Å². The molecule has 0 unspecified atom stereocenters. The van der Waals surface area contributed by atoms with Gasteiger partial charge in [-0.2, -0.15) is 5.10 Å². The molecule has 1 N–H and O–H groups in total. The Labute approximate surface area is 128 Å². The highest BCUT2D eigenvalue weighted by atomic mass is 16.4. The number of amides is 1. The number of carboxylic acids is 1. The molecule has 0 aliphatic carbocycles. The molecule has 0 saturated carbocycles. The van der Waals surface area contributed by atoms with Crippen LogP contribution in [0.1, 0.15) is 42.9 Å². The van der Waals surface area contributed by atoms with Crippen molar-refractivity contribution < 1.29 is 14.7 Å². The molecule has 2 heterocycles. The van der Waals surface area contributed by atoms with E-state index in [1.165, 1.54) is 4.90 Å². The van der Waals surface area contributed by atoms with Crippen LogP contribution in [0.3, 0.4) is 0 Å². The quantitative estimate of drug-likeness (QED) is 0.911. The fourth-order valence-electron chi connectivity index (χ4n) is 2.36. The molecule has 118 valence electrons. The van der Waals surface area contributed by atoms with E-state index >= 15 is 0 Å². The van der Waals surface area contributed by atoms with Crippen molar-refractivity contribution in [1.82, 2.24) is 19.7 Å². The van der Waals surface area contributed by atoms with E-state index in [1.807, 2.05) is 13.8 Å². The van der Waals surface area contributed by atoms with Gasteiger partial charge in [0.2, 0.25) is 0 Å². The van der Waals surface area contributed by atoms with Gasteiger partial charge in [-0.05, 0) is 33.8 Å². The van der Waals surface area contributed by atoms with Crippen molar-refractivity contribution in [2.45, 2.75) is 33.7 Å². The Hall–Kier alpha value is -2.44. The molecule has 0 bridgehead atoms. The minimum Gasteiger partial charge on any atom is -0.480 e. The summed E-state index contributed by atoms with van der Waals surface area (Å²) in [6, 6.07) is 1.80. The van der Waals surface area contributed by atoms with Crippen molar-refractivity contribution in [1.29, 1.82) is 0 Å². The molecule has 0 radical (unpaired) electrons. The van der Waals surface area contributed by atoms with Gasteiger partial charge in [-0.3, -0.25) is 9.59 Å². The summed E-state index contributed by atoms with van der Waals surface area (Å²) in [6.07, 6.45) is 1.61. The number of carbonyl (C=O) groups excluding carboxylic acids is 1. The van der Waals surface area contributed by atoms with Crippen LogP contribution < -0.4 is 0 Å². The van der Waals surface area contributed by atoms with Gasteiger partial charge in [0.15, 0.2) is 5.65 Å². The first-order chi connectivity index (χ1) is 10.3. The largest absolute Gasteiger partial charge is 0.480 e. The maximum Gasteiger partial charge on any atom is 0.323 e. The summed E-state index contributed by atoms with van der Waals surface area (Å²) in [7, 11) is 0. The van der Waals surface area contributed by atoms with Gasteiger partial charge in [-0.15, -0.1) is 0 Å². The average molecular weight is 304 g/mol. The Morgan fingerprint density at radius 3 is 2.64 bits per heavy atom. The van der Waals surface area contributed by atoms with Gasteiger partial charge in [0.05, 0.1) is 17.1 Å². The summed E-state index contributed by atoms with van der Waals surface area (Å²) >= 11 is 0. The summed E-state index contributed by atoms with van der Waals surface area (Å²) in [5.74, 6) is -1.35. The number of carbonyl (C=O) groups is 2. The first-order valence-corrected chi connectivity index (χ1v) is 7.21. The van der Waals surface area contributed by atoms with Crippen LogP contribution >= 0.6 is 0 Å². The number of carboxylic acid groups (broad SMARTS) is 1. The van der Waals surface area contributed by atoms with Crippen LogP contribution in [0, 0.1) is 6.92 Å². The van der Waals surface area contributed by atoms with Crippen LogP contribution in [-0.2, 0) is 4.79 Å². The lowest BCUT2D eigenvalue weighted by Gasteiger charge is -2.19. The molecule has 22 heavy (non-hydrogen) atoms. The lowest BCUT2D eigenvalue weighted by Crippen LogP contribution is -2.35. The zero-order chi connectivity index (χ0) is 16.4.